The lowest BCUT2D eigenvalue weighted by Crippen LogP contribution is -2.35. The molecule has 3 aromatic heterocycles. The van der Waals surface area contributed by atoms with Gasteiger partial charge in [-0.05, 0) is 56.3 Å². The zero-order chi connectivity index (χ0) is 21.6. The number of nitrogens with zero attached hydrogens (tertiary/aromatic N) is 4. The van der Waals surface area contributed by atoms with E-state index in [-0.39, 0.29) is 11.9 Å². The third kappa shape index (κ3) is 4.71. The molecule has 0 aliphatic rings. The number of amides is 1. The van der Waals surface area contributed by atoms with E-state index in [2.05, 4.69) is 42.4 Å². The molecule has 2 N–H and O–H groups in total. The van der Waals surface area contributed by atoms with Gasteiger partial charge in [0.2, 0.25) is 5.91 Å². The van der Waals surface area contributed by atoms with Crippen LogP contribution in [0.25, 0.3) is 22.0 Å². The SMILES string of the molecule is CNC(C)C(=O)Nc1ccc(-c2cncnc2)c(C#Cc2ccc3ncccc3c2)n1. The Kier molecular flexibility index (Phi) is 5.92. The third-order valence-electron chi connectivity index (χ3n) is 4.77. The molecule has 0 spiro atoms. The van der Waals surface area contributed by atoms with Crippen molar-refractivity contribution in [2.75, 3.05) is 12.4 Å². The second-order valence-electron chi connectivity index (χ2n) is 6.88. The van der Waals surface area contributed by atoms with E-state index in [1.54, 1.807) is 38.6 Å². The Morgan fingerprint density at radius 3 is 2.71 bits per heavy atom. The molecule has 0 radical (unpaired) electrons. The molecule has 0 aliphatic heterocycles. The molecule has 31 heavy (non-hydrogen) atoms. The number of benzene rings is 1. The molecule has 7 nitrogen and oxygen atoms in total. The molecule has 0 saturated heterocycles. The van der Waals surface area contributed by atoms with Crippen molar-refractivity contribution in [2.24, 2.45) is 0 Å². The Balaban J connectivity index is 1.73. The van der Waals surface area contributed by atoms with Gasteiger partial charge in [0.05, 0.1) is 11.6 Å². The van der Waals surface area contributed by atoms with Crippen LogP contribution in [0.2, 0.25) is 0 Å². The van der Waals surface area contributed by atoms with Crippen molar-refractivity contribution in [3.63, 3.8) is 0 Å². The summed E-state index contributed by atoms with van der Waals surface area (Å²) in [6, 6.07) is 13.0. The van der Waals surface area contributed by atoms with Crippen LogP contribution in [0.5, 0.6) is 0 Å². The molecule has 1 unspecified atom stereocenters. The van der Waals surface area contributed by atoms with Gasteiger partial charge < -0.3 is 10.6 Å². The summed E-state index contributed by atoms with van der Waals surface area (Å²) in [7, 11) is 1.73. The van der Waals surface area contributed by atoms with E-state index >= 15 is 0 Å². The molecule has 3 heterocycles. The van der Waals surface area contributed by atoms with E-state index in [1.165, 1.54) is 6.33 Å². The van der Waals surface area contributed by atoms with E-state index in [9.17, 15) is 4.79 Å². The summed E-state index contributed by atoms with van der Waals surface area (Å²) in [6.07, 6.45) is 6.65. The smallest absolute Gasteiger partial charge is 0.242 e. The van der Waals surface area contributed by atoms with Crippen LogP contribution in [0, 0.1) is 11.8 Å². The van der Waals surface area contributed by atoms with E-state index in [0.717, 1.165) is 27.6 Å². The standard InChI is InChI=1S/C24H20N6O/c1-16(25-2)24(31)30-23-10-7-20(19-13-26-15-27-14-19)22(29-23)9-6-17-5-8-21-18(12-17)4-3-11-28-21/h3-5,7-8,10-16,25H,1-2H3,(H,29,30,31). The highest BCUT2D eigenvalue weighted by Gasteiger charge is 2.13. The zero-order valence-electron chi connectivity index (χ0n) is 17.1. The maximum absolute atomic E-state index is 12.2. The lowest BCUT2D eigenvalue weighted by molar-refractivity contribution is -0.117. The molecule has 4 rings (SSSR count). The van der Waals surface area contributed by atoms with Gasteiger partial charge in [-0.1, -0.05) is 12.0 Å². The van der Waals surface area contributed by atoms with E-state index < -0.39 is 0 Å². The largest absolute Gasteiger partial charge is 0.309 e. The number of aromatic nitrogens is 4. The molecule has 152 valence electrons. The molecule has 0 bridgehead atoms. The van der Waals surface area contributed by atoms with Crippen LogP contribution in [0.4, 0.5) is 5.82 Å². The number of likely N-dealkylation sites (N-methyl/N-ethyl adjacent to an activating group) is 1. The Morgan fingerprint density at radius 1 is 1.06 bits per heavy atom. The van der Waals surface area contributed by atoms with Crippen LogP contribution in [-0.2, 0) is 4.79 Å². The second-order valence-corrected chi connectivity index (χ2v) is 6.88. The van der Waals surface area contributed by atoms with Gasteiger partial charge in [0.1, 0.15) is 17.8 Å². The molecule has 0 fully saturated rings. The van der Waals surface area contributed by atoms with Gasteiger partial charge in [0.15, 0.2) is 0 Å². The molecule has 0 aliphatic carbocycles. The van der Waals surface area contributed by atoms with Crippen LogP contribution < -0.4 is 10.6 Å². The van der Waals surface area contributed by atoms with Crippen LogP contribution in [0.15, 0.2) is 67.4 Å². The number of carbonyl (C=O) groups is 1. The maximum Gasteiger partial charge on any atom is 0.242 e. The number of nitrogens with one attached hydrogen (secondary N) is 2. The Bertz CT molecular complexity index is 1290. The number of rotatable bonds is 4. The fourth-order valence-electron chi connectivity index (χ4n) is 2.95. The van der Waals surface area contributed by atoms with Crippen LogP contribution in [0.3, 0.4) is 0 Å². The Hall–Kier alpha value is -4.15. The minimum atomic E-state index is -0.343. The monoisotopic (exact) mass is 408 g/mol. The number of fused-ring (bicyclic) bond motifs is 1. The van der Waals surface area contributed by atoms with Gasteiger partial charge >= 0.3 is 0 Å². The summed E-state index contributed by atoms with van der Waals surface area (Å²) in [5.41, 5.74) is 3.86. The summed E-state index contributed by atoms with van der Waals surface area (Å²) in [5.74, 6) is 6.57. The Morgan fingerprint density at radius 2 is 1.90 bits per heavy atom. The molecular weight excluding hydrogens is 388 g/mol. The first-order chi connectivity index (χ1) is 15.1. The molecule has 4 aromatic rings. The van der Waals surface area contributed by atoms with Crippen molar-refractivity contribution >= 4 is 22.6 Å². The summed E-state index contributed by atoms with van der Waals surface area (Å²) in [6.45, 7) is 1.78. The van der Waals surface area contributed by atoms with Gasteiger partial charge in [-0.2, -0.15) is 0 Å². The van der Waals surface area contributed by atoms with E-state index in [1.807, 2.05) is 36.4 Å². The minimum Gasteiger partial charge on any atom is -0.309 e. The molecule has 0 saturated carbocycles. The molecule has 1 amide bonds. The first-order valence-electron chi connectivity index (χ1n) is 9.75. The predicted molar refractivity (Wildman–Crippen MR) is 120 cm³/mol. The fourth-order valence-corrected chi connectivity index (χ4v) is 2.95. The van der Waals surface area contributed by atoms with Gasteiger partial charge in [-0.25, -0.2) is 15.0 Å². The third-order valence-corrected chi connectivity index (χ3v) is 4.77. The topological polar surface area (TPSA) is 92.7 Å². The number of anilines is 1. The zero-order valence-corrected chi connectivity index (χ0v) is 17.1. The fraction of sp³-hybridized carbons (Fsp3) is 0.125. The lowest BCUT2D eigenvalue weighted by Gasteiger charge is -2.12. The highest BCUT2D eigenvalue weighted by Crippen LogP contribution is 2.23. The molecular formula is C24H20N6O. The summed E-state index contributed by atoms with van der Waals surface area (Å²) < 4.78 is 0. The number of hydrogen-bond donors (Lipinski definition) is 2. The second kappa shape index (κ2) is 9.11. The van der Waals surface area contributed by atoms with E-state index in [0.29, 0.717) is 11.5 Å². The van der Waals surface area contributed by atoms with Crippen LogP contribution >= 0.6 is 0 Å². The summed E-state index contributed by atoms with van der Waals surface area (Å²) in [5, 5.41) is 6.74. The van der Waals surface area contributed by atoms with Crippen LogP contribution in [0.1, 0.15) is 18.2 Å². The molecule has 7 heteroatoms. The van der Waals surface area contributed by atoms with Gasteiger partial charge in [0.25, 0.3) is 0 Å². The van der Waals surface area contributed by atoms with Gasteiger partial charge in [-0.3, -0.25) is 9.78 Å². The average Bonchev–Trinajstić information content (AvgIpc) is 2.82. The highest BCUT2D eigenvalue weighted by molar-refractivity contribution is 5.94. The summed E-state index contributed by atoms with van der Waals surface area (Å²) in [4.78, 5) is 29.3. The normalized spacial score (nSPS) is 11.4. The number of carbonyl (C=O) groups excluding carboxylic acids is 1. The van der Waals surface area contributed by atoms with Crippen molar-refractivity contribution in [3.8, 4) is 23.0 Å². The van der Waals surface area contributed by atoms with Crippen molar-refractivity contribution in [1.29, 1.82) is 0 Å². The lowest BCUT2D eigenvalue weighted by atomic mass is 10.1. The van der Waals surface area contributed by atoms with Crippen LogP contribution in [-0.4, -0.2) is 38.9 Å². The minimum absolute atomic E-state index is 0.174. The average molecular weight is 408 g/mol. The van der Waals surface area contributed by atoms with Gasteiger partial charge in [0, 0.05) is 40.7 Å². The maximum atomic E-state index is 12.2. The number of hydrogen-bond acceptors (Lipinski definition) is 6. The van der Waals surface area contributed by atoms with Crippen molar-refractivity contribution in [1.82, 2.24) is 25.3 Å². The van der Waals surface area contributed by atoms with E-state index in [4.69, 9.17) is 0 Å². The predicted octanol–water partition coefficient (Wildman–Crippen LogP) is 3.03. The van der Waals surface area contributed by atoms with Crippen molar-refractivity contribution in [3.05, 3.63) is 78.6 Å². The quantitative estimate of drug-likeness (QED) is 0.504. The van der Waals surface area contributed by atoms with Crippen molar-refractivity contribution < 1.29 is 4.79 Å². The summed E-state index contributed by atoms with van der Waals surface area (Å²) >= 11 is 0. The Labute approximate surface area is 180 Å². The molecule has 1 aromatic carbocycles. The number of pyridine rings is 2. The van der Waals surface area contributed by atoms with Gasteiger partial charge in [-0.15, -0.1) is 0 Å². The highest BCUT2D eigenvalue weighted by atomic mass is 16.2. The molecule has 1 atom stereocenters. The first-order valence-corrected chi connectivity index (χ1v) is 9.75. The first kappa shape index (κ1) is 20.1. The van der Waals surface area contributed by atoms with Crippen molar-refractivity contribution in [2.45, 2.75) is 13.0 Å².